The van der Waals surface area contributed by atoms with Crippen LogP contribution in [0.2, 0.25) is 0 Å². The van der Waals surface area contributed by atoms with Gasteiger partial charge in [-0.25, -0.2) is 4.39 Å². The second-order valence-electron chi connectivity index (χ2n) is 9.28. The topological polar surface area (TPSA) is 61.5 Å². The SMILES string of the molecule is CCOc1cc(C(=O)N(C)[C@H](CN2CCCC2)c2cccc3cn[nH]c23)ccc1-c1cccc(F)c1. The number of para-hydroxylation sites is 1. The Labute approximate surface area is 210 Å². The van der Waals surface area contributed by atoms with Crippen molar-refractivity contribution in [1.29, 1.82) is 0 Å². The number of amides is 1. The number of aromatic amines is 1. The summed E-state index contributed by atoms with van der Waals surface area (Å²) in [5, 5.41) is 8.38. The molecule has 3 aromatic carbocycles. The zero-order valence-corrected chi connectivity index (χ0v) is 20.7. The van der Waals surface area contributed by atoms with E-state index in [0.717, 1.165) is 41.7 Å². The van der Waals surface area contributed by atoms with Crippen LogP contribution in [0.25, 0.3) is 22.0 Å². The van der Waals surface area contributed by atoms with Gasteiger partial charge in [-0.3, -0.25) is 9.89 Å². The van der Waals surface area contributed by atoms with Gasteiger partial charge in [0.05, 0.1) is 24.4 Å². The zero-order chi connectivity index (χ0) is 25.1. The Morgan fingerprint density at radius 1 is 1.14 bits per heavy atom. The van der Waals surface area contributed by atoms with Crippen LogP contribution in [0.3, 0.4) is 0 Å². The summed E-state index contributed by atoms with van der Waals surface area (Å²) in [6.45, 7) is 5.16. The Kier molecular flexibility index (Phi) is 7.00. The molecule has 1 aromatic heterocycles. The standard InChI is InChI=1S/C29H31FN4O2/c1-3-36-27-17-21(12-13-24(27)20-8-6-10-23(30)16-20)29(35)33(2)26(19-34-14-4-5-15-34)25-11-7-9-22-18-31-32-28(22)25/h6-13,16-18,26H,3-5,14-15,19H2,1-2H3,(H,31,32)/t26-/m1/s1. The number of ether oxygens (including phenoxy) is 1. The molecule has 0 unspecified atom stereocenters. The third-order valence-corrected chi connectivity index (χ3v) is 6.95. The maximum atomic E-state index is 13.9. The largest absolute Gasteiger partial charge is 0.493 e. The normalized spacial score (nSPS) is 14.8. The molecule has 1 aliphatic heterocycles. The number of benzene rings is 3. The number of likely N-dealkylation sites (N-methyl/N-ethyl adjacent to an activating group) is 1. The van der Waals surface area contributed by atoms with Crippen molar-refractivity contribution in [1.82, 2.24) is 20.0 Å². The van der Waals surface area contributed by atoms with Gasteiger partial charge in [0.1, 0.15) is 11.6 Å². The lowest BCUT2D eigenvalue weighted by molar-refractivity contribution is 0.0697. The molecule has 1 saturated heterocycles. The zero-order valence-electron chi connectivity index (χ0n) is 20.7. The number of nitrogens with zero attached hydrogens (tertiary/aromatic N) is 3. The van der Waals surface area contributed by atoms with Crippen molar-refractivity contribution in [3.8, 4) is 16.9 Å². The molecule has 1 atom stereocenters. The van der Waals surface area contributed by atoms with Crippen LogP contribution in [0, 0.1) is 5.82 Å². The van der Waals surface area contributed by atoms with Gasteiger partial charge in [-0.2, -0.15) is 5.10 Å². The number of likely N-dealkylation sites (tertiary alicyclic amines) is 1. The summed E-state index contributed by atoms with van der Waals surface area (Å²) >= 11 is 0. The van der Waals surface area contributed by atoms with E-state index in [1.165, 1.54) is 25.0 Å². The highest BCUT2D eigenvalue weighted by molar-refractivity contribution is 5.96. The predicted octanol–water partition coefficient (Wildman–Crippen LogP) is 5.68. The lowest BCUT2D eigenvalue weighted by atomic mass is 9.99. The van der Waals surface area contributed by atoms with E-state index in [1.807, 2.05) is 49.3 Å². The first-order valence-corrected chi connectivity index (χ1v) is 12.5. The number of fused-ring (bicyclic) bond motifs is 1. The second-order valence-corrected chi connectivity index (χ2v) is 9.28. The van der Waals surface area contributed by atoms with Gasteiger partial charge in [-0.15, -0.1) is 0 Å². The van der Waals surface area contributed by atoms with Crippen molar-refractivity contribution >= 4 is 16.8 Å². The number of aromatic nitrogens is 2. The average molecular weight is 487 g/mol. The summed E-state index contributed by atoms with van der Waals surface area (Å²) in [7, 11) is 1.86. The Morgan fingerprint density at radius 2 is 1.94 bits per heavy atom. The average Bonchev–Trinajstić information content (AvgIpc) is 3.59. The summed E-state index contributed by atoms with van der Waals surface area (Å²) in [5.41, 5.74) is 4.01. The summed E-state index contributed by atoms with van der Waals surface area (Å²) in [5.74, 6) is 0.157. The summed E-state index contributed by atoms with van der Waals surface area (Å²) in [6.07, 6.45) is 4.17. The minimum absolute atomic E-state index is 0.0949. The maximum Gasteiger partial charge on any atom is 0.254 e. The van der Waals surface area contributed by atoms with Crippen LogP contribution in [-0.4, -0.2) is 59.2 Å². The van der Waals surface area contributed by atoms with Crippen LogP contribution >= 0.6 is 0 Å². The van der Waals surface area contributed by atoms with E-state index in [9.17, 15) is 9.18 Å². The first-order chi connectivity index (χ1) is 17.5. The van der Waals surface area contributed by atoms with Gasteiger partial charge in [-0.1, -0.05) is 30.3 Å². The number of hydrogen-bond donors (Lipinski definition) is 1. The van der Waals surface area contributed by atoms with Gasteiger partial charge in [0.15, 0.2) is 0 Å². The number of hydrogen-bond acceptors (Lipinski definition) is 4. The Balaban J connectivity index is 1.50. The molecule has 0 radical (unpaired) electrons. The van der Waals surface area contributed by atoms with E-state index in [2.05, 4.69) is 21.2 Å². The fourth-order valence-electron chi connectivity index (χ4n) is 5.08. The fraction of sp³-hybridized carbons (Fsp3) is 0.310. The van der Waals surface area contributed by atoms with E-state index >= 15 is 0 Å². The second kappa shape index (κ2) is 10.5. The van der Waals surface area contributed by atoms with E-state index < -0.39 is 0 Å². The van der Waals surface area contributed by atoms with Crippen LogP contribution in [0.1, 0.15) is 41.7 Å². The van der Waals surface area contributed by atoms with Crippen molar-refractivity contribution in [2.45, 2.75) is 25.8 Å². The molecular weight excluding hydrogens is 455 g/mol. The van der Waals surface area contributed by atoms with Crippen molar-refractivity contribution in [2.75, 3.05) is 33.3 Å². The highest BCUT2D eigenvalue weighted by Gasteiger charge is 2.28. The lowest BCUT2D eigenvalue weighted by Crippen LogP contribution is -2.38. The van der Waals surface area contributed by atoms with Crippen LogP contribution in [0.5, 0.6) is 5.75 Å². The summed E-state index contributed by atoms with van der Waals surface area (Å²) < 4.78 is 19.8. The molecule has 5 rings (SSSR count). The van der Waals surface area contributed by atoms with Crippen LogP contribution in [0.4, 0.5) is 4.39 Å². The quantitative estimate of drug-likeness (QED) is 0.348. The molecule has 6 nitrogen and oxygen atoms in total. The summed E-state index contributed by atoms with van der Waals surface area (Å²) in [4.78, 5) is 18.1. The molecule has 4 aromatic rings. The van der Waals surface area contributed by atoms with Crippen molar-refractivity contribution in [3.63, 3.8) is 0 Å². The first-order valence-electron chi connectivity index (χ1n) is 12.5. The van der Waals surface area contributed by atoms with Gasteiger partial charge in [0.25, 0.3) is 5.91 Å². The number of nitrogens with one attached hydrogen (secondary N) is 1. The molecule has 0 spiro atoms. The molecule has 0 aliphatic carbocycles. The Bertz CT molecular complexity index is 1360. The Morgan fingerprint density at radius 3 is 2.72 bits per heavy atom. The maximum absolute atomic E-state index is 13.9. The molecule has 1 aliphatic rings. The van der Waals surface area contributed by atoms with Crippen molar-refractivity contribution in [3.05, 3.63) is 83.8 Å². The number of rotatable bonds is 8. The monoisotopic (exact) mass is 486 g/mol. The molecule has 36 heavy (non-hydrogen) atoms. The van der Waals surface area contributed by atoms with Gasteiger partial charge >= 0.3 is 0 Å². The van der Waals surface area contributed by atoms with Crippen molar-refractivity contribution < 1.29 is 13.9 Å². The van der Waals surface area contributed by atoms with E-state index in [1.54, 1.807) is 18.2 Å². The molecule has 2 heterocycles. The molecule has 1 N–H and O–H groups in total. The lowest BCUT2D eigenvalue weighted by Gasteiger charge is -2.32. The van der Waals surface area contributed by atoms with E-state index in [4.69, 9.17) is 4.74 Å². The molecule has 0 bridgehead atoms. The van der Waals surface area contributed by atoms with E-state index in [-0.39, 0.29) is 17.8 Å². The minimum atomic E-state index is -0.312. The Hall–Kier alpha value is -3.71. The summed E-state index contributed by atoms with van der Waals surface area (Å²) in [6, 6.07) is 17.8. The molecular formula is C29H31FN4O2. The molecule has 1 amide bonds. The highest BCUT2D eigenvalue weighted by atomic mass is 19.1. The highest BCUT2D eigenvalue weighted by Crippen LogP contribution is 2.34. The van der Waals surface area contributed by atoms with Crippen LogP contribution in [0.15, 0.2) is 66.9 Å². The third kappa shape index (κ3) is 4.84. The predicted molar refractivity (Wildman–Crippen MR) is 140 cm³/mol. The van der Waals surface area contributed by atoms with Gasteiger partial charge in [0.2, 0.25) is 0 Å². The van der Waals surface area contributed by atoms with Crippen molar-refractivity contribution in [2.24, 2.45) is 0 Å². The third-order valence-electron chi connectivity index (χ3n) is 6.95. The van der Waals surface area contributed by atoms with Gasteiger partial charge < -0.3 is 14.5 Å². The minimum Gasteiger partial charge on any atom is -0.493 e. The molecule has 186 valence electrons. The molecule has 1 fully saturated rings. The number of H-pyrrole nitrogens is 1. The molecule has 7 heteroatoms. The fourth-order valence-corrected chi connectivity index (χ4v) is 5.08. The van der Waals surface area contributed by atoms with E-state index in [0.29, 0.717) is 23.5 Å². The van der Waals surface area contributed by atoms with Crippen LogP contribution < -0.4 is 4.74 Å². The van der Waals surface area contributed by atoms with Gasteiger partial charge in [-0.05, 0) is 68.8 Å². The number of carbonyl (C=O) groups excluding carboxylic acids is 1. The number of halogens is 1. The van der Waals surface area contributed by atoms with Crippen LogP contribution in [-0.2, 0) is 0 Å². The smallest absolute Gasteiger partial charge is 0.254 e. The number of carbonyl (C=O) groups is 1. The molecule has 0 saturated carbocycles. The first kappa shape index (κ1) is 24.0. The van der Waals surface area contributed by atoms with Gasteiger partial charge in [0, 0.05) is 35.7 Å².